The Balaban J connectivity index is 2.35. The third-order valence-electron chi connectivity index (χ3n) is 3.20. The Hall–Kier alpha value is -2.63. The molecule has 0 amide bonds. The van der Waals surface area contributed by atoms with Gasteiger partial charge in [-0.2, -0.15) is 0 Å². The summed E-state index contributed by atoms with van der Waals surface area (Å²) < 4.78 is 21.4. The molecular formula is C14H12FN3O2. The Morgan fingerprint density at radius 2 is 2.10 bits per heavy atom. The SMILES string of the molecule is COc1cc(-n2c(=O)n(C)c3ncccc32)ccc1F. The van der Waals surface area contributed by atoms with Gasteiger partial charge in [-0.25, -0.2) is 14.2 Å². The number of hydrogen-bond acceptors (Lipinski definition) is 3. The fraction of sp³-hybridized carbons (Fsp3) is 0.143. The summed E-state index contributed by atoms with van der Waals surface area (Å²) in [5.41, 5.74) is 1.52. The predicted molar refractivity (Wildman–Crippen MR) is 72.8 cm³/mol. The monoisotopic (exact) mass is 273 g/mol. The van der Waals surface area contributed by atoms with Crippen LogP contribution in [0.4, 0.5) is 4.39 Å². The van der Waals surface area contributed by atoms with Crippen molar-refractivity contribution >= 4 is 11.2 Å². The van der Waals surface area contributed by atoms with Crippen LogP contribution in [0.1, 0.15) is 0 Å². The van der Waals surface area contributed by atoms with Crippen LogP contribution in [-0.4, -0.2) is 21.2 Å². The number of hydrogen-bond donors (Lipinski definition) is 0. The molecule has 102 valence electrons. The van der Waals surface area contributed by atoms with Crippen LogP contribution in [0.15, 0.2) is 41.3 Å². The van der Waals surface area contributed by atoms with E-state index in [-0.39, 0.29) is 11.4 Å². The zero-order chi connectivity index (χ0) is 14.3. The first-order valence-electron chi connectivity index (χ1n) is 6.00. The van der Waals surface area contributed by atoms with Crippen LogP contribution < -0.4 is 10.4 Å². The number of pyridine rings is 1. The minimum atomic E-state index is -0.470. The molecule has 5 nitrogen and oxygen atoms in total. The number of aryl methyl sites for hydroxylation is 1. The van der Waals surface area contributed by atoms with Gasteiger partial charge in [-0.15, -0.1) is 0 Å². The summed E-state index contributed by atoms with van der Waals surface area (Å²) >= 11 is 0. The summed E-state index contributed by atoms with van der Waals surface area (Å²) in [7, 11) is 3.03. The Morgan fingerprint density at radius 3 is 2.85 bits per heavy atom. The van der Waals surface area contributed by atoms with E-state index >= 15 is 0 Å². The number of fused-ring (bicyclic) bond motifs is 1. The van der Waals surface area contributed by atoms with Gasteiger partial charge in [-0.1, -0.05) is 0 Å². The highest BCUT2D eigenvalue weighted by atomic mass is 19.1. The normalized spacial score (nSPS) is 10.9. The lowest BCUT2D eigenvalue weighted by atomic mass is 10.2. The summed E-state index contributed by atoms with van der Waals surface area (Å²) in [6, 6.07) is 7.84. The molecule has 0 spiro atoms. The first-order chi connectivity index (χ1) is 9.63. The van der Waals surface area contributed by atoms with Gasteiger partial charge in [0.05, 0.1) is 18.3 Å². The van der Waals surface area contributed by atoms with E-state index in [2.05, 4.69) is 4.98 Å². The molecule has 3 rings (SSSR count). The number of methoxy groups -OCH3 is 1. The van der Waals surface area contributed by atoms with E-state index in [0.29, 0.717) is 16.9 Å². The van der Waals surface area contributed by atoms with Crippen molar-refractivity contribution in [1.29, 1.82) is 0 Å². The molecule has 0 radical (unpaired) electrons. The van der Waals surface area contributed by atoms with Gasteiger partial charge in [0.25, 0.3) is 0 Å². The van der Waals surface area contributed by atoms with E-state index in [0.717, 1.165) is 0 Å². The van der Waals surface area contributed by atoms with Gasteiger partial charge >= 0.3 is 5.69 Å². The molecule has 0 fully saturated rings. The summed E-state index contributed by atoms with van der Waals surface area (Å²) in [6.45, 7) is 0. The number of nitrogens with zero attached hydrogens (tertiary/aromatic N) is 3. The van der Waals surface area contributed by atoms with Crippen molar-refractivity contribution in [3.8, 4) is 11.4 Å². The van der Waals surface area contributed by atoms with Crippen molar-refractivity contribution < 1.29 is 9.13 Å². The number of imidazole rings is 1. The van der Waals surface area contributed by atoms with Crippen LogP contribution >= 0.6 is 0 Å². The Morgan fingerprint density at radius 1 is 1.30 bits per heavy atom. The van der Waals surface area contributed by atoms with E-state index in [1.165, 1.54) is 34.4 Å². The fourth-order valence-corrected chi connectivity index (χ4v) is 2.20. The maximum atomic E-state index is 13.5. The van der Waals surface area contributed by atoms with Gasteiger partial charge in [0.15, 0.2) is 17.2 Å². The van der Waals surface area contributed by atoms with Crippen LogP contribution in [0.5, 0.6) is 5.75 Å². The van der Waals surface area contributed by atoms with Crippen molar-refractivity contribution in [3.63, 3.8) is 0 Å². The quantitative estimate of drug-likeness (QED) is 0.716. The Labute approximate surface area is 113 Å². The zero-order valence-electron chi connectivity index (χ0n) is 11.0. The van der Waals surface area contributed by atoms with Crippen molar-refractivity contribution in [2.45, 2.75) is 0 Å². The van der Waals surface area contributed by atoms with Crippen molar-refractivity contribution in [2.75, 3.05) is 7.11 Å². The number of rotatable bonds is 2. The van der Waals surface area contributed by atoms with Gasteiger partial charge in [0, 0.05) is 19.3 Å². The lowest BCUT2D eigenvalue weighted by Crippen LogP contribution is -2.21. The molecule has 0 saturated heterocycles. The first kappa shape index (κ1) is 12.4. The van der Waals surface area contributed by atoms with E-state index < -0.39 is 5.82 Å². The van der Waals surface area contributed by atoms with E-state index in [1.807, 2.05) is 0 Å². The number of halogens is 1. The van der Waals surface area contributed by atoms with Crippen molar-refractivity contribution in [3.05, 3.63) is 52.8 Å². The summed E-state index contributed by atoms with van der Waals surface area (Å²) in [5.74, 6) is -0.377. The number of benzene rings is 1. The summed E-state index contributed by atoms with van der Waals surface area (Å²) in [6.07, 6.45) is 1.62. The molecule has 3 aromatic rings. The number of aromatic nitrogens is 3. The minimum Gasteiger partial charge on any atom is -0.494 e. The Bertz CT molecular complexity index is 851. The topological polar surface area (TPSA) is 49.0 Å². The average molecular weight is 273 g/mol. The summed E-state index contributed by atoms with van der Waals surface area (Å²) in [4.78, 5) is 16.5. The first-order valence-corrected chi connectivity index (χ1v) is 6.00. The molecule has 0 unspecified atom stereocenters. The molecule has 6 heteroatoms. The van der Waals surface area contributed by atoms with Crippen LogP contribution in [-0.2, 0) is 7.05 Å². The minimum absolute atomic E-state index is 0.0929. The molecule has 1 aromatic carbocycles. The molecular weight excluding hydrogens is 261 g/mol. The summed E-state index contributed by atoms with van der Waals surface area (Å²) in [5, 5.41) is 0. The predicted octanol–water partition coefficient (Wildman–Crippen LogP) is 1.87. The van der Waals surface area contributed by atoms with Crippen LogP contribution in [0, 0.1) is 5.82 Å². The van der Waals surface area contributed by atoms with E-state index in [4.69, 9.17) is 4.74 Å². The van der Waals surface area contributed by atoms with Gasteiger partial charge in [-0.3, -0.25) is 9.13 Å². The van der Waals surface area contributed by atoms with Gasteiger partial charge in [0.2, 0.25) is 0 Å². The highest BCUT2D eigenvalue weighted by Crippen LogP contribution is 2.22. The molecule has 0 aliphatic rings. The van der Waals surface area contributed by atoms with Crippen LogP contribution in [0.25, 0.3) is 16.9 Å². The lowest BCUT2D eigenvalue weighted by Gasteiger charge is -2.06. The third-order valence-corrected chi connectivity index (χ3v) is 3.20. The van der Waals surface area contributed by atoms with Gasteiger partial charge in [-0.05, 0) is 24.3 Å². The fourth-order valence-electron chi connectivity index (χ4n) is 2.20. The molecule has 0 aliphatic heterocycles. The molecule has 0 bridgehead atoms. The van der Waals surface area contributed by atoms with Gasteiger partial charge < -0.3 is 4.74 Å². The molecule has 0 N–H and O–H groups in total. The zero-order valence-corrected chi connectivity index (χ0v) is 11.0. The molecule has 0 aliphatic carbocycles. The van der Waals surface area contributed by atoms with Gasteiger partial charge in [0.1, 0.15) is 0 Å². The van der Waals surface area contributed by atoms with E-state index in [1.54, 1.807) is 25.4 Å². The van der Waals surface area contributed by atoms with E-state index in [9.17, 15) is 9.18 Å². The highest BCUT2D eigenvalue weighted by molar-refractivity contribution is 5.73. The number of ether oxygens (including phenoxy) is 1. The molecule has 2 aromatic heterocycles. The second-order valence-electron chi connectivity index (χ2n) is 4.34. The maximum absolute atomic E-state index is 13.5. The second kappa shape index (κ2) is 4.48. The largest absolute Gasteiger partial charge is 0.494 e. The molecule has 0 saturated carbocycles. The smallest absolute Gasteiger partial charge is 0.334 e. The standard InChI is InChI=1S/C14H12FN3O2/c1-17-13-11(4-3-7-16-13)18(14(17)19)9-5-6-10(15)12(8-9)20-2/h3-8H,1-2H3. The van der Waals surface area contributed by atoms with Crippen LogP contribution in [0.3, 0.4) is 0 Å². The average Bonchev–Trinajstić information content (AvgIpc) is 2.72. The third kappa shape index (κ3) is 1.69. The lowest BCUT2D eigenvalue weighted by molar-refractivity contribution is 0.386. The Kier molecular flexibility index (Phi) is 2.78. The molecule has 2 heterocycles. The maximum Gasteiger partial charge on any atom is 0.334 e. The molecule has 20 heavy (non-hydrogen) atoms. The van der Waals surface area contributed by atoms with Crippen molar-refractivity contribution in [1.82, 2.24) is 14.1 Å². The second-order valence-corrected chi connectivity index (χ2v) is 4.34. The van der Waals surface area contributed by atoms with Crippen LogP contribution in [0.2, 0.25) is 0 Å². The van der Waals surface area contributed by atoms with Crippen molar-refractivity contribution in [2.24, 2.45) is 7.05 Å². The highest BCUT2D eigenvalue weighted by Gasteiger charge is 2.14. The molecule has 0 atom stereocenters.